The van der Waals surface area contributed by atoms with E-state index < -0.39 is 29.1 Å². The zero-order chi connectivity index (χ0) is 37.6. The van der Waals surface area contributed by atoms with Gasteiger partial charge in [0.25, 0.3) is 11.5 Å². The van der Waals surface area contributed by atoms with E-state index in [9.17, 15) is 32.7 Å². The normalized spacial score (nSPS) is 17.2. The maximum Gasteiger partial charge on any atom is 0.416 e. The summed E-state index contributed by atoms with van der Waals surface area (Å²) in [6, 6.07) is 3.01. The number of fused-ring (bicyclic) bond motifs is 1. The molecule has 0 bridgehead atoms. The van der Waals surface area contributed by atoms with Crippen molar-refractivity contribution < 1.29 is 32.6 Å². The number of anilines is 2. The number of benzene rings is 1. The standard InChI is InChI=1S/C34H36ClF3N10O5/c1-3-25-28(45-10-12-46(13-11-45)31(51)27-29(50)19(2)39-18-40-27)32(52)48-33(42-30(43-48)20-6-8-44(9-7-20)22-16-53-17-22)47(25)15-26(49)41-24-5-4-21(14-23(24)35)34(36,37)38/h4-6,14,18,22,50H,3,7-13,15-17H2,1-2H3,(H,41,49). The Morgan fingerprint density at radius 2 is 1.87 bits per heavy atom. The summed E-state index contributed by atoms with van der Waals surface area (Å²) in [4.78, 5) is 59.5. The molecular formula is C34H36ClF3N10O5. The number of aryl methyl sites for hydroxylation is 1. The minimum atomic E-state index is -4.61. The molecule has 6 heterocycles. The lowest BCUT2D eigenvalue weighted by atomic mass is 10.1. The number of nitrogens with zero attached hydrogens (tertiary/aromatic N) is 9. The van der Waals surface area contributed by atoms with E-state index in [0.29, 0.717) is 50.2 Å². The van der Waals surface area contributed by atoms with Crippen LogP contribution >= 0.6 is 11.6 Å². The third-order valence-corrected chi connectivity index (χ3v) is 10.1. The molecule has 15 nitrogen and oxygen atoms in total. The van der Waals surface area contributed by atoms with E-state index >= 15 is 0 Å². The minimum Gasteiger partial charge on any atom is -0.504 e. The van der Waals surface area contributed by atoms with Crippen LogP contribution in [0.25, 0.3) is 11.4 Å². The number of hydrogen-bond acceptors (Lipinski definition) is 11. The molecule has 0 aliphatic carbocycles. The first kappa shape index (κ1) is 36.3. The Kier molecular flexibility index (Phi) is 9.86. The second-order valence-electron chi connectivity index (χ2n) is 13.0. The number of aromatic hydroxyl groups is 1. The first-order valence-electron chi connectivity index (χ1n) is 17.1. The van der Waals surface area contributed by atoms with Gasteiger partial charge in [-0.15, -0.1) is 5.10 Å². The molecule has 2 N–H and O–H groups in total. The average Bonchev–Trinajstić information content (AvgIpc) is 3.56. The number of ether oxygens (including phenoxy) is 1. The number of rotatable bonds is 8. The summed E-state index contributed by atoms with van der Waals surface area (Å²) in [7, 11) is 0. The summed E-state index contributed by atoms with van der Waals surface area (Å²) in [6.07, 6.45) is -0.440. The highest BCUT2D eigenvalue weighted by atomic mass is 35.5. The zero-order valence-corrected chi connectivity index (χ0v) is 29.6. The zero-order valence-electron chi connectivity index (χ0n) is 28.9. The monoisotopic (exact) mass is 756 g/mol. The van der Waals surface area contributed by atoms with Gasteiger partial charge in [0.1, 0.15) is 18.6 Å². The van der Waals surface area contributed by atoms with Gasteiger partial charge in [-0.1, -0.05) is 24.6 Å². The van der Waals surface area contributed by atoms with Crippen LogP contribution in [0.2, 0.25) is 5.02 Å². The number of aromatic nitrogens is 6. The number of nitrogens with one attached hydrogen (secondary N) is 1. The predicted molar refractivity (Wildman–Crippen MR) is 187 cm³/mol. The van der Waals surface area contributed by atoms with Crippen LogP contribution in [0, 0.1) is 6.92 Å². The lowest BCUT2D eigenvalue weighted by Gasteiger charge is -2.38. The number of amides is 2. The maximum absolute atomic E-state index is 14.3. The molecule has 19 heteroatoms. The first-order valence-corrected chi connectivity index (χ1v) is 17.5. The number of piperazine rings is 1. The van der Waals surface area contributed by atoms with E-state index in [4.69, 9.17) is 21.3 Å². The summed E-state index contributed by atoms with van der Waals surface area (Å²) in [5.74, 6) is -0.912. The van der Waals surface area contributed by atoms with Gasteiger partial charge in [0, 0.05) is 39.3 Å². The fourth-order valence-electron chi connectivity index (χ4n) is 6.75. The second-order valence-corrected chi connectivity index (χ2v) is 13.4. The highest BCUT2D eigenvalue weighted by Crippen LogP contribution is 2.34. The van der Waals surface area contributed by atoms with E-state index in [1.54, 1.807) is 11.5 Å². The second kappa shape index (κ2) is 14.4. The van der Waals surface area contributed by atoms with Crippen LogP contribution in [0.5, 0.6) is 5.75 Å². The van der Waals surface area contributed by atoms with Gasteiger partial charge in [-0.2, -0.15) is 22.7 Å². The van der Waals surface area contributed by atoms with E-state index in [1.807, 2.05) is 17.9 Å². The number of carbonyl (C=O) groups excluding carboxylic acids is 2. The molecular weight excluding hydrogens is 721 g/mol. The summed E-state index contributed by atoms with van der Waals surface area (Å²) >= 11 is 6.14. The molecule has 3 aromatic heterocycles. The molecule has 3 aliphatic rings. The van der Waals surface area contributed by atoms with Crippen LogP contribution in [0.15, 0.2) is 35.4 Å². The molecule has 0 atom stereocenters. The Hall–Kier alpha value is -5.07. The molecule has 0 spiro atoms. The molecule has 0 unspecified atom stereocenters. The van der Waals surface area contributed by atoms with Crippen molar-refractivity contribution in [2.75, 3.05) is 62.7 Å². The Morgan fingerprint density at radius 1 is 1.11 bits per heavy atom. The van der Waals surface area contributed by atoms with Gasteiger partial charge in [-0.25, -0.2) is 9.97 Å². The van der Waals surface area contributed by atoms with Crippen molar-refractivity contribution in [1.29, 1.82) is 0 Å². The van der Waals surface area contributed by atoms with Crippen molar-refractivity contribution in [3.05, 3.63) is 74.4 Å². The fourth-order valence-corrected chi connectivity index (χ4v) is 6.98. The molecule has 4 aromatic rings. The van der Waals surface area contributed by atoms with Crippen molar-refractivity contribution in [3.63, 3.8) is 0 Å². The van der Waals surface area contributed by atoms with Crippen LogP contribution in [0.3, 0.4) is 0 Å². The third kappa shape index (κ3) is 7.05. The van der Waals surface area contributed by atoms with Crippen LogP contribution in [0.1, 0.15) is 46.6 Å². The van der Waals surface area contributed by atoms with E-state index in [-0.39, 0.29) is 72.0 Å². The molecule has 2 saturated heterocycles. The molecule has 3 aliphatic heterocycles. The highest BCUT2D eigenvalue weighted by Gasteiger charge is 2.33. The number of carbonyl (C=O) groups is 2. The first-order chi connectivity index (χ1) is 25.3. The lowest BCUT2D eigenvalue weighted by molar-refractivity contribution is -0.137. The van der Waals surface area contributed by atoms with Gasteiger partial charge >= 0.3 is 6.18 Å². The van der Waals surface area contributed by atoms with Crippen LogP contribution < -0.4 is 15.8 Å². The highest BCUT2D eigenvalue weighted by molar-refractivity contribution is 6.33. The van der Waals surface area contributed by atoms with Gasteiger partial charge in [0.15, 0.2) is 17.3 Å². The van der Waals surface area contributed by atoms with Crippen molar-refractivity contribution >= 4 is 46.1 Å². The van der Waals surface area contributed by atoms with Crippen LogP contribution in [0.4, 0.5) is 24.5 Å². The molecule has 7 rings (SSSR count). The summed E-state index contributed by atoms with van der Waals surface area (Å²) in [5, 5.41) is 17.3. The average molecular weight is 757 g/mol. The quantitative estimate of drug-likeness (QED) is 0.272. The van der Waals surface area contributed by atoms with Crippen molar-refractivity contribution in [1.82, 2.24) is 38.9 Å². The minimum absolute atomic E-state index is 0.0124. The van der Waals surface area contributed by atoms with Gasteiger partial charge in [0.05, 0.1) is 46.9 Å². The lowest BCUT2D eigenvalue weighted by Crippen LogP contribution is -2.51. The summed E-state index contributed by atoms with van der Waals surface area (Å²) in [5.41, 5.74) is 0.351. The molecule has 1 aromatic carbocycles. The van der Waals surface area contributed by atoms with Gasteiger partial charge in [-0.05, 0) is 43.5 Å². The Balaban J connectivity index is 1.22. The Bertz CT molecular complexity index is 2180. The van der Waals surface area contributed by atoms with Gasteiger partial charge in [0.2, 0.25) is 11.7 Å². The van der Waals surface area contributed by atoms with Gasteiger partial charge in [-0.3, -0.25) is 19.3 Å². The molecule has 0 radical (unpaired) electrons. The largest absolute Gasteiger partial charge is 0.504 e. The van der Waals surface area contributed by atoms with Gasteiger partial charge < -0.3 is 29.5 Å². The number of halogens is 4. The summed E-state index contributed by atoms with van der Waals surface area (Å²) in [6.45, 7) is 6.71. The van der Waals surface area contributed by atoms with E-state index in [0.717, 1.165) is 30.3 Å². The van der Waals surface area contributed by atoms with E-state index in [1.165, 1.54) is 15.7 Å². The SMILES string of the molecule is CCc1c(N2CCN(C(=O)c3ncnc(C)c3O)CC2)c(=O)n2nc(C3=CCN(C4COC4)CC3)nc2n1CC(=O)Nc1ccc(C(F)(F)F)cc1Cl. The number of alkyl halides is 3. The predicted octanol–water partition coefficient (Wildman–Crippen LogP) is 3.02. The molecule has 2 amide bonds. The van der Waals surface area contributed by atoms with Crippen molar-refractivity contribution in [3.8, 4) is 5.75 Å². The number of hydrogen-bond donors (Lipinski definition) is 2. The summed E-state index contributed by atoms with van der Waals surface area (Å²) < 4.78 is 47.8. The Morgan fingerprint density at radius 3 is 2.49 bits per heavy atom. The van der Waals surface area contributed by atoms with E-state index in [2.05, 4.69) is 25.3 Å². The third-order valence-electron chi connectivity index (χ3n) is 9.79. The van der Waals surface area contributed by atoms with Crippen LogP contribution in [-0.2, 0) is 28.7 Å². The molecule has 53 heavy (non-hydrogen) atoms. The topological polar surface area (TPSA) is 163 Å². The molecule has 0 saturated carbocycles. The smallest absolute Gasteiger partial charge is 0.416 e. The molecule has 280 valence electrons. The maximum atomic E-state index is 14.3. The van der Waals surface area contributed by atoms with Crippen molar-refractivity contribution in [2.24, 2.45) is 0 Å². The van der Waals surface area contributed by atoms with Crippen LogP contribution in [-0.4, -0.2) is 114 Å². The van der Waals surface area contributed by atoms with Crippen molar-refractivity contribution in [2.45, 2.75) is 45.5 Å². The fraction of sp³-hybridized carbons (Fsp3) is 0.441. The Labute approximate surface area is 305 Å². The molecule has 2 fully saturated rings.